The predicted octanol–water partition coefficient (Wildman–Crippen LogP) is 5.72. The topological polar surface area (TPSA) is 70.1 Å². The summed E-state index contributed by atoms with van der Waals surface area (Å²) in [5, 5.41) is 11.2. The number of carbonyl (C=O) groups is 2. The van der Waals surface area contributed by atoms with Crippen LogP contribution in [0.3, 0.4) is 0 Å². The van der Waals surface area contributed by atoms with Crippen LogP contribution >= 0.6 is 0 Å². The summed E-state index contributed by atoms with van der Waals surface area (Å²) in [7, 11) is 0. The van der Waals surface area contributed by atoms with Crippen molar-refractivity contribution >= 4 is 17.4 Å². The maximum absolute atomic E-state index is 13.2. The molecule has 1 N–H and O–H groups in total. The van der Waals surface area contributed by atoms with Gasteiger partial charge in [0.05, 0.1) is 18.2 Å². The minimum absolute atomic E-state index is 0.135. The molecule has 1 unspecified atom stereocenters. The van der Waals surface area contributed by atoms with Crippen LogP contribution in [0.15, 0.2) is 54.1 Å². The van der Waals surface area contributed by atoms with Crippen LogP contribution in [0.1, 0.15) is 69.2 Å². The molecule has 1 aliphatic heterocycles. The third-order valence-electron chi connectivity index (χ3n) is 6.85. The number of likely N-dealkylation sites (tertiary alicyclic amines) is 1. The van der Waals surface area contributed by atoms with Crippen molar-refractivity contribution in [2.24, 2.45) is 0 Å². The highest BCUT2D eigenvalue weighted by atomic mass is 16.5. The van der Waals surface area contributed by atoms with Gasteiger partial charge in [0.25, 0.3) is 11.7 Å². The maximum atomic E-state index is 13.2. The van der Waals surface area contributed by atoms with E-state index < -0.39 is 17.7 Å². The monoisotopic (exact) mass is 492 g/mol. The first-order chi connectivity index (χ1) is 17.4. The van der Waals surface area contributed by atoms with Gasteiger partial charge in [0, 0.05) is 12.1 Å². The zero-order chi connectivity index (χ0) is 26.1. The van der Waals surface area contributed by atoms with Crippen molar-refractivity contribution in [2.45, 2.75) is 59.4 Å². The number of ether oxygens (including phenoxy) is 1. The van der Waals surface area contributed by atoms with Crippen molar-refractivity contribution < 1.29 is 19.4 Å². The van der Waals surface area contributed by atoms with E-state index in [0.717, 1.165) is 62.2 Å². The van der Waals surface area contributed by atoms with Crippen LogP contribution in [0.5, 0.6) is 5.75 Å². The largest absolute Gasteiger partial charge is 0.507 e. The van der Waals surface area contributed by atoms with Gasteiger partial charge in [-0.15, -0.1) is 0 Å². The molecule has 1 atom stereocenters. The molecule has 6 nitrogen and oxygen atoms in total. The number of benzene rings is 2. The Morgan fingerprint density at radius 3 is 2.22 bits per heavy atom. The SMILES string of the molecule is CCCCCOc1ccc(C2/C(=C(\O)c3ccc(C)cc3)C(=O)C(=O)N2CCCN(CC)CC)cc1. The third-order valence-corrected chi connectivity index (χ3v) is 6.85. The van der Waals surface area contributed by atoms with Gasteiger partial charge in [-0.1, -0.05) is 75.6 Å². The summed E-state index contributed by atoms with van der Waals surface area (Å²) in [6.07, 6.45) is 4.00. The highest BCUT2D eigenvalue weighted by Crippen LogP contribution is 2.40. The first kappa shape index (κ1) is 27.5. The molecular formula is C30H40N2O4. The lowest BCUT2D eigenvalue weighted by Gasteiger charge is -2.27. The average molecular weight is 493 g/mol. The van der Waals surface area contributed by atoms with E-state index in [9.17, 15) is 14.7 Å². The number of carbonyl (C=O) groups excluding carboxylic acids is 2. The number of aliphatic hydroxyl groups excluding tert-OH is 1. The number of unbranched alkanes of at least 4 members (excludes halogenated alkanes) is 2. The predicted molar refractivity (Wildman–Crippen MR) is 144 cm³/mol. The molecule has 0 saturated carbocycles. The van der Waals surface area contributed by atoms with E-state index in [1.54, 1.807) is 17.0 Å². The lowest BCUT2D eigenvalue weighted by Crippen LogP contribution is -2.33. The number of amides is 1. The number of hydrogen-bond acceptors (Lipinski definition) is 5. The summed E-state index contributed by atoms with van der Waals surface area (Å²) in [4.78, 5) is 30.3. The van der Waals surface area contributed by atoms with Crippen LogP contribution in [0.25, 0.3) is 5.76 Å². The molecule has 0 radical (unpaired) electrons. The van der Waals surface area contributed by atoms with Gasteiger partial charge in [0.2, 0.25) is 0 Å². The maximum Gasteiger partial charge on any atom is 0.295 e. The van der Waals surface area contributed by atoms with E-state index in [-0.39, 0.29) is 11.3 Å². The molecule has 36 heavy (non-hydrogen) atoms. The molecule has 0 aromatic heterocycles. The Morgan fingerprint density at radius 1 is 0.944 bits per heavy atom. The molecule has 0 aliphatic carbocycles. The van der Waals surface area contributed by atoms with E-state index in [2.05, 4.69) is 25.7 Å². The van der Waals surface area contributed by atoms with Gasteiger partial charge in [-0.25, -0.2) is 0 Å². The van der Waals surface area contributed by atoms with Crippen LogP contribution in [0, 0.1) is 6.92 Å². The van der Waals surface area contributed by atoms with Crippen molar-refractivity contribution in [1.29, 1.82) is 0 Å². The number of Topliss-reactive ketones (excluding diaryl/α,β-unsaturated/α-hetero) is 1. The number of hydrogen-bond donors (Lipinski definition) is 1. The lowest BCUT2D eigenvalue weighted by molar-refractivity contribution is -0.140. The van der Waals surface area contributed by atoms with Gasteiger partial charge < -0.3 is 19.6 Å². The number of ketones is 1. The van der Waals surface area contributed by atoms with Crippen LogP contribution in [-0.4, -0.2) is 59.4 Å². The Kier molecular flexibility index (Phi) is 10.1. The molecule has 1 fully saturated rings. The smallest absolute Gasteiger partial charge is 0.295 e. The number of aryl methyl sites for hydroxylation is 1. The molecular weight excluding hydrogens is 452 g/mol. The van der Waals surface area contributed by atoms with Crippen LogP contribution in [0.2, 0.25) is 0 Å². The van der Waals surface area contributed by atoms with Crippen molar-refractivity contribution in [3.8, 4) is 5.75 Å². The van der Waals surface area contributed by atoms with Crippen LogP contribution in [-0.2, 0) is 9.59 Å². The standard InChI is InChI=1S/C30H40N2O4/c1-5-8-9-21-36-25-17-15-23(16-18-25)27-26(28(33)24-13-11-22(4)12-14-24)29(34)30(35)32(27)20-10-19-31(6-2)7-3/h11-18,27,33H,5-10,19-21H2,1-4H3/b28-26+. The average Bonchev–Trinajstić information content (AvgIpc) is 3.14. The molecule has 6 heteroatoms. The van der Waals surface area contributed by atoms with Crippen LogP contribution in [0.4, 0.5) is 0 Å². The Labute approximate surface area is 215 Å². The minimum atomic E-state index is -0.642. The zero-order valence-corrected chi connectivity index (χ0v) is 22.1. The van der Waals surface area contributed by atoms with E-state index >= 15 is 0 Å². The summed E-state index contributed by atoms with van der Waals surface area (Å²) >= 11 is 0. The molecule has 2 aromatic rings. The third kappa shape index (κ3) is 6.55. The van der Waals surface area contributed by atoms with Gasteiger partial charge in [-0.3, -0.25) is 9.59 Å². The summed E-state index contributed by atoms with van der Waals surface area (Å²) in [5.74, 6) is -0.578. The van der Waals surface area contributed by atoms with Crippen molar-refractivity contribution in [1.82, 2.24) is 9.80 Å². The number of nitrogens with zero attached hydrogens (tertiary/aromatic N) is 2. The van der Waals surface area contributed by atoms with Gasteiger partial charge in [-0.2, -0.15) is 0 Å². The Morgan fingerprint density at radius 2 is 1.61 bits per heavy atom. The number of rotatable bonds is 13. The fourth-order valence-corrected chi connectivity index (χ4v) is 4.62. The first-order valence-corrected chi connectivity index (χ1v) is 13.2. The molecule has 0 spiro atoms. The molecule has 1 heterocycles. The Balaban J connectivity index is 1.93. The summed E-state index contributed by atoms with van der Waals surface area (Å²) < 4.78 is 5.85. The zero-order valence-electron chi connectivity index (χ0n) is 22.1. The summed E-state index contributed by atoms with van der Waals surface area (Å²) in [6.45, 7) is 12.2. The fraction of sp³-hybridized carbons (Fsp3) is 0.467. The second-order valence-electron chi connectivity index (χ2n) is 9.36. The second-order valence-corrected chi connectivity index (χ2v) is 9.36. The van der Waals surface area contributed by atoms with E-state index in [1.165, 1.54) is 0 Å². The minimum Gasteiger partial charge on any atom is -0.507 e. The van der Waals surface area contributed by atoms with Crippen molar-refractivity contribution in [2.75, 3.05) is 32.8 Å². The van der Waals surface area contributed by atoms with Crippen LogP contribution < -0.4 is 4.74 Å². The summed E-state index contributed by atoms with van der Waals surface area (Å²) in [5.41, 5.74) is 2.51. The summed E-state index contributed by atoms with van der Waals surface area (Å²) in [6, 6.07) is 14.2. The van der Waals surface area contributed by atoms with Gasteiger partial charge in [-0.05, 0) is 57.1 Å². The molecule has 2 aromatic carbocycles. The normalized spacial score (nSPS) is 17.2. The van der Waals surface area contributed by atoms with E-state index in [1.807, 2.05) is 43.3 Å². The molecule has 1 saturated heterocycles. The van der Waals surface area contributed by atoms with E-state index in [0.29, 0.717) is 18.7 Å². The van der Waals surface area contributed by atoms with Crippen molar-refractivity contribution in [3.63, 3.8) is 0 Å². The van der Waals surface area contributed by atoms with Gasteiger partial charge in [0.1, 0.15) is 11.5 Å². The molecule has 194 valence electrons. The van der Waals surface area contributed by atoms with E-state index in [4.69, 9.17) is 4.74 Å². The Bertz CT molecular complexity index is 1040. The first-order valence-electron chi connectivity index (χ1n) is 13.2. The quantitative estimate of drug-likeness (QED) is 0.168. The second kappa shape index (κ2) is 13.3. The molecule has 3 rings (SSSR count). The highest BCUT2D eigenvalue weighted by Gasteiger charge is 2.45. The molecule has 0 bridgehead atoms. The fourth-order valence-electron chi connectivity index (χ4n) is 4.62. The van der Waals surface area contributed by atoms with Crippen molar-refractivity contribution in [3.05, 3.63) is 70.8 Å². The van der Waals surface area contributed by atoms with Gasteiger partial charge >= 0.3 is 0 Å². The highest BCUT2D eigenvalue weighted by molar-refractivity contribution is 6.46. The number of aliphatic hydroxyl groups is 1. The lowest BCUT2D eigenvalue weighted by atomic mass is 9.95. The molecule has 1 aliphatic rings. The Hall–Kier alpha value is -3.12. The van der Waals surface area contributed by atoms with Gasteiger partial charge in [0.15, 0.2) is 0 Å². The molecule has 1 amide bonds.